The van der Waals surface area contributed by atoms with Gasteiger partial charge in [-0.15, -0.1) is 0 Å². The molecule has 0 spiro atoms. The predicted molar refractivity (Wildman–Crippen MR) is 229 cm³/mol. The van der Waals surface area contributed by atoms with Crippen molar-refractivity contribution in [2.75, 3.05) is 25.5 Å². The minimum absolute atomic E-state index is 0.0328. The van der Waals surface area contributed by atoms with Gasteiger partial charge in [0.1, 0.15) is 17.3 Å². The molecule has 5 aliphatic carbocycles. The number of ketones is 1. The lowest BCUT2D eigenvalue weighted by Gasteiger charge is -2.63. The molecule has 2 aromatic carbocycles. The standard InChI is InChI=1S/C26H28N2O5.C23H40O3/c1-27-11-3-2-4-12-28-16-5-8-19(22(13-16)26(31)32)25-20-9-6-17(29)14-23(20)33-24-15-18(30)7-10-21(24)25;1-5-13(2)16-6-7-17-21-18(12-20(26)23(16,17)4)22(3)9-8-15(24)10-14(22)11-19(21)25/h5-10,13-15,20,25,27-28,30H,2-4,11-12H2,1H3,(H,31,32);13-21,24-26H,5-12H2,1-4H3. The Kier molecular flexibility index (Phi) is 13.0. The van der Waals surface area contributed by atoms with E-state index < -0.39 is 5.97 Å². The van der Waals surface area contributed by atoms with Gasteiger partial charge >= 0.3 is 5.97 Å². The van der Waals surface area contributed by atoms with E-state index in [1.807, 2.05) is 19.2 Å². The number of aromatic carboxylic acids is 1. The molecule has 0 radical (unpaired) electrons. The molecule has 0 saturated heterocycles. The SMILES string of the molecule is CCC(C)C1CCC2C3C(O)CC4CC(O)CCC4(C)C3CC(O)C12C.CNCCCCCNc1ccc(C2c3ccc(O)cc3OC3=CC(=O)C=CC32)c(C(=O)O)c1. The number of allylic oxidation sites excluding steroid dienone is 3. The maximum Gasteiger partial charge on any atom is 0.336 e. The number of carboxylic acids is 1. The van der Waals surface area contributed by atoms with Gasteiger partial charge in [0.25, 0.3) is 0 Å². The molecule has 0 aromatic heterocycles. The Morgan fingerprint density at radius 3 is 2.46 bits per heavy atom. The highest BCUT2D eigenvalue weighted by Gasteiger charge is 2.65. The summed E-state index contributed by atoms with van der Waals surface area (Å²) in [4.78, 5) is 24.2. The number of carbonyl (C=O) groups is 2. The molecule has 13 atom stereocenters. The Hall–Kier alpha value is -3.70. The van der Waals surface area contributed by atoms with Gasteiger partial charge in [0.15, 0.2) is 5.78 Å². The van der Waals surface area contributed by atoms with Gasteiger partial charge < -0.3 is 40.9 Å². The number of nitrogens with one attached hydrogen (secondary N) is 2. The molecule has 8 rings (SSSR count). The minimum Gasteiger partial charge on any atom is -0.508 e. The molecular weight excluding hydrogens is 745 g/mol. The van der Waals surface area contributed by atoms with Crippen molar-refractivity contribution in [2.24, 2.45) is 52.3 Å². The molecule has 6 aliphatic rings. The van der Waals surface area contributed by atoms with Gasteiger partial charge in [-0.1, -0.05) is 58.7 Å². The number of hydrogen-bond donors (Lipinski definition) is 7. The highest BCUT2D eigenvalue weighted by Crippen LogP contribution is 2.68. The summed E-state index contributed by atoms with van der Waals surface area (Å²) in [6.07, 6.45) is 15.2. The second kappa shape index (κ2) is 17.7. The number of carboxylic acid groups (broad SMARTS) is 1. The maximum atomic E-state index is 12.3. The Balaban J connectivity index is 0.000000184. The van der Waals surface area contributed by atoms with Gasteiger partial charge in [-0.05, 0) is 148 Å². The number of carbonyl (C=O) groups excluding carboxylic acids is 1. The number of rotatable bonds is 11. The average molecular weight is 813 g/mol. The number of aliphatic hydroxyl groups is 3. The highest BCUT2D eigenvalue weighted by molar-refractivity contribution is 6.01. The first kappa shape index (κ1) is 43.4. The van der Waals surface area contributed by atoms with Crippen molar-refractivity contribution < 1.29 is 39.9 Å². The summed E-state index contributed by atoms with van der Waals surface area (Å²) in [7, 11) is 1.94. The Morgan fingerprint density at radius 2 is 1.71 bits per heavy atom. The van der Waals surface area contributed by atoms with Crippen LogP contribution in [-0.2, 0) is 4.79 Å². The van der Waals surface area contributed by atoms with Crippen LogP contribution in [0.2, 0.25) is 0 Å². The minimum atomic E-state index is -1.02. The van der Waals surface area contributed by atoms with Crippen LogP contribution in [0.3, 0.4) is 0 Å². The normalized spacial score (nSPS) is 35.9. The number of aromatic hydroxyl groups is 1. The van der Waals surface area contributed by atoms with E-state index in [1.54, 1.807) is 24.3 Å². The topological polar surface area (TPSA) is 169 Å². The van der Waals surface area contributed by atoms with Crippen molar-refractivity contribution in [3.05, 3.63) is 77.1 Å². The number of anilines is 1. The van der Waals surface area contributed by atoms with E-state index >= 15 is 0 Å². The number of unbranched alkanes of at least 4 members (excludes halogenated alkanes) is 2. The van der Waals surface area contributed by atoms with Crippen molar-refractivity contribution in [1.82, 2.24) is 5.32 Å². The Bertz CT molecular complexity index is 1910. The largest absolute Gasteiger partial charge is 0.508 e. The summed E-state index contributed by atoms with van der Waals surface area (Å²) >= 11 is 0. The second-order valence-corrected chi connectivity index (χ2v) is 19.2. The van der Waals surface area contributed by atoms with Gasteiger partial charge in [-0.25, -0.2) is 4.79 Å². The van der Waals surface area contributed by atoms with Crippen LogP contribution in [0, 0.1) is 52.3 Å². The van der Waals surface area contributed by atoms with Crippen LogP contribution in [-0.4, -0.2) is 75.7 Å². The third kappa shape index (κ3) is 8.23. The lowest BCUT2D eigenvalue weighted by atomic mass is 9.43. The van der Waals surface area contributed by atoms with Crippen LogP contribution in [0.5, 0.6) is 11.5 Å². The van der Waals surface area contributed by atoms with Crippen LogP contribution in [0.4, 0.5) is 5.69 Å². The second-order valence-electron chi connectivity index (χ2n) is 19.2. The van der Waals surface area contributed by atoms with Crippen molar-refractivity contribution in [3.8, 4) is 11.5 Å². The van der Waals surface area contributed by atoms with E-state index in [2.05, 4.69) is 38.3 Å². The summed E-state index contributed by atoms with van der Waals surface area (Å²) in [6.45, 7) is 11.1. The van der Waals surface area contributed by atoms with Crippen molar-refractivity contribution >= 4 is 17.4 Å². The fourth-order valence-corrected chi connectivity index (χ4v) is 12.9. The zero-order valence-electron chi connectivity index (χ0n) is 35.7. The molecule has 13 unspecified atom stereocenters. The molecule has 4 fully saturated rings. The fourth-order valence-electron chi connectivity index (χ4n) is 12.9. The number of benzene rings is 2. The number of phenols is 1. The first-order chi connectivity index (χ1) is 28.2. The molecule has 4 saturated carbocycles. The lowest BCUT2D eigenvalue weighted by molar-refractivity contribution is -0.206. The number of fused-ring (bicyclic) bond motifs is 7. The Morgan fingerprint density at radius 1 is 0.949 bits per heavy atom. The number of ether oxygens (including phenoxy) is 1. The molecule has 10 nitrogen and oxygen atoms in total. The van der Waals surface area contributed by atoms with Crippen LogP contribution >= 0.6 is 0 Å². The van der Waals surface area contributed by atoms with E-state index in [1.165, 1.54) is 37.5 Å². The zero-order chi connectivity index (χ0) is 42.2. The summed E-state index contributed by atoms with van der Waals surface area (Å²) in [5, 5.41) is 59.2. The van der Waals surface area contributed by atoms with E-state index in [9.17, 15) is 35.1 Å². The monoisotopic (exact) mass is 812 g/mol. The van der Waals surface area contributed by atoms with Crippen molar-refractivity contribution in [1.29, 1.82) is 0 Å². The molecule has 59 heavy (non-hydrogen) atoms. The van der Waals surface area contributed by atoms with Crippen LogP contribution in [0.1, 0.15) is 126 Å². The smallest absolute Gasteiger partial charge is 0.336 e. The number of hydrogen-bond acceptors (Lipinski definition) is 9. The number of phenolic OH excluding ortho intramolecular Hbond substituents is 1. The summed E-state index contributed by atoms with van der Waals surface area (Å²) in [6, 6.07) is 10.2. The molecule has 1 heterocycles. The molecule has 2 aromatic rings. The molecule has 1 aliphatic heterocycles. The molecule has 322 valence electrons. The van der Waals surface area contributed by atoms with Crippen LogP contribution < -0.4 is 15.4 Å². The molecule has 0 amide bonds. The number of aliphatic hydroxyl groups excluding tert-OH is 3. The highest BCUT2D eigenvalue weighted by atomic mass is 16.5. The van der Waals surface area contributed by atoms with E-state index in [4.69, 9.17) is 4.74 Å². The summed E-state index contributed by atoms with van der Waals surface area (Å²) in [5.74, 6) is 1.86. The molecular formula is C49H68N2O8. The van der Waals surface area contributed by atoms with Gasteiger partial charge in [-0.3, -0.25) is 4.79 Å². The first-order valence-corrected chi connectivity index (χ1v) is 22.5. The van der Waals surface area contributed by atoms with E-state index in [-0.39, 0.29) is 58.1 Å². The van der Waals surface area contributed by atoms with Crippen LogP contribution in [0.25, 0.3) is 0 Å². The zero-order valence-corrected chi connectivity index (χ0v) is 35.7. The van der Waals surface area contributed by atoms with Gasteiger partial charge in [0.2, 0.25) is 0 Å². The van der Waals surface area contributed by atoms with Crippen LogP contribution in [0.15, 0.2) is 60.4 Å². The van der Waals surface area contributed by atoms with Gasteiger partial charge in [0, 0.05) is 41.8 Å². The van der Waals surface area contributed by atoms with E-state index in [0.29, 0.717) is 52.6 Å². The van der Waals surface area contributed by atoms with Gasteiger partial charge in [0.05, 0.1) is 23.9 Å². The predicted octanol–water partition coefficient (Wildman–Crippen LogP) is 8.05. The van der Waals surface area contributed by atoms with Gasteiger partial charge in [-0.2, -0.15) is 0 Å². The molecule has 0 bridgehead atoms. The average Bonchev–Trinajstić information content (AvgIpc) is 3.57. The third-order valence-corrected chi connectivity index (χ3v) is 16.2. The summed E-state index contributed by atoms with van der Waals surface area (Å²) in [5.41, 5.74) is 2.50. The quantitative estimate of drug-likeness (QED) is 0.110. The lowest BCUT2D eigenvalue weighted by Crippen LogP contribution is -2.62. The van der Waals surface area contributed by atoms with Crippen molar-refractivity contribution in [3.63, 3.8) is 0 Å². The first-order valence-electron chi connectivity index (χ1n) is 22.5. The van der Waals surface area contributed by atoms with E-state index in [0.717, 1.165) is 75.7 Å². The molecule has 10 heteroatoms. The molecule has 7 N–H and O–H groups in total. The summed E-state index contributed by atoms with van der Waals surface area (Å²) < 4.78 is 5.92. The van der Waals surface area contributed by atoms with Crippen molar-refractivity contribution in [2.45, 2.75) is 123 Å². The fraction of sp³-hybridized carbons (Fsp3) is 0.633. The Labute approximate surface area is 350 Å². The maximum absolute atomic E-state index is 12.3. The third-order valence-electron chi connectivity index (χ3n) is 16.2.